The van der Waals surface area contributed by atoms with Crippen molar-refractivity contribution in [3.63, 3.8) is 0 Å². The van der Waals surface area contributed by atoms with Crippen LogP contribution in [0.25, 0.3) is 6.08 Å². The van der Waals surface area contributed by atoms with E-state index in [0.29, 0.717) is 33.0 Å². The number of carbonyl (C=O) groups excluding carboxylic acids is 1. The van der Waals surface area contributed by atoms with Crippen molar-refractivity contribution in [1.82, 2.24) is 0 Å². The summed E-state index contributed by atoms with van der Waals surface area (Å²) in [6.07, 6.45) is 3.46. The third-order valence-corrected chi connectivity index (χ3v) is 5.27. The first-order chi connectivity index (χ1) is 13.6. The predicted octanol–water partition coefficient (Wildman–Crippen LogP) is 4.67. The summed E-state index contributed by atoms with van der Waals surface area (Å²) in [6.45, 7) is 4.02. The van der Waals surface area contributed by atoms with Crippen molar-refractivity contribution < 1.29 is 19.0 Å². The maximum absolute atomic E-state index is 12.9. The van der Waals surface area contributed by atoms with E-state index in [1.165, 1.54) is 16.7 Å². The Morgan fingerprint density at radius 2 is 1.86 bits per heavy atom. The normalized spacial score (nSPS) is 15.1. The van der Waals surface area contributed by atoms with E-state index < -0.39 is 0 Å². The lowest BCUT2D eigenvalue weighted by molar-refractivity contribution is -0.113. The van der Waals surface area contributed by atoms with E-state index in [-0.39, 0.29) is 5.91 Å². The van der Waals surface area contributed by atoms with E-state index in [9.17, 15) is 4.79 Å². The summed E-state index contributed by atoms with van der Waals surface area (Å²) in [5, 5.41) is 0. The molecule has 28 heavy (non-hydrogen) atoms. The lowest BCUT2D eigenvalue weighted by Gasteiger charge is -2.14. The number of thioether (sulfide) groups is 1. The standard InChI is InChI=1S/C21H19NO4S2/c1-4-11-26-17-10-5-14(12-18(17)25-3)13-19-20(23)22(21(27)28-19)15-6-8-16(24-2)9-7-15/h4-10,12-13H,1,11H2,2-3H3/b19-13+. The Bertz CT molecular complexity index is 938. The Morgan fingerprint density at radius 3 is 2.50 bits per heavy atom. The average molecular weight is 414 g/mol. The highest BCUT2D eigenvalue weighted by Gasteiger charge is 2.33. The van der Waals surface area contributed by atoms with Crippen LogP contribution in [0, 0.1) is 0 Å². The van der Waals surface area contributed by atoms with Gasteiger partial charge in [0.1, 0.15) is 12.4 Å². The first kappa shape index (κ1) is 20.0. The molecule has 0 unspecified atom stereocenters. The Labute approximate surface area is 173 Å². The molecule has 0 N–H and O–H groups in total. The molecule has 3 rings (SSSR count). The molecule has 2 aromatic carbocycles. The predicted molar refractivity (Wildman–Crippen MR) is 117 cm³/mol. The van der Waals surface area contributed by atoms with Crippen LogP contribution in [0.3, 0.4) is 0 Å². The van der Waals surface area contributed by atoms with E-state index in [0.717, 1.165) is 11.3 Å². The average Bonchev–Trinajstić information content (AvgIpc) is 3.00. The van der Waals surface area contributed by atoms with E-state index in [2.05, 4.69) is 6.58 Å². The minimum atomic E-state index is -0.161. The Balaban J connectivity index is 1.85. The van der Waals surface area contributed by atoms with Crippen LogP contribution in [-0.2, 0) is 4.79 Å². The number of hydrogen-bond acceptors (Lipinski definition) is 6. The van der Waals surface area contributed by atoms with Crippen LogP contribution in [0.1, 0.15) is 5.56 Å². The number of nitrogens with zero attached hydrogens (tertiary/aromatic N) is 1. The highest BCUT2D eigenvalue weighted by molar-refractivity contribution is 8.27. The summed E-state index contributed by atoms with van der Waals surface area (Å²) >= 11 is 6.68. The van der Waals surface area contributed by atoms with Gasteiger partial charge in [0.2, 0.25) is 0 Å². The zero-order chi connectivity index (χ0) is 20.1. The molecule has 0 aromatic heterocycles. The van der Waals surface area contributed by atoms with Gasteiger partial charge in [0, 0.05) is 0 Å². The second kappa shape index (κ2) is 8.95. The largest absolute Gasteiger partial charge is 0.497 e. The lowest BCUT2D eigenvalue weighted by atomic mass is 10.2. The molecule has 0 saturated carbocycles. The Morgan fingerprint density at radius 1 is 1.11 bits per heavy atom. The summed E-state index contributed by atoms with van der Waals surface area (Å²) in [5.41, 5.74) is 1.52. The fraction of sp³-hybridized carbons (Fsp3) is 0.143. The van der Waals surface area contributed by atoms with Crippen molar-refractivity contribution in [3.05, 3.63) is 65.6 Å². The second-order valence-corrected chi connectivity index (χ2v) is 7.40. The highest BCUT2D eigenvalue weighted by Crippen LogP contribution is 2.37. The summed E-state index contributed by atoms with van der Waals surface area (Å²) < 4.78 is 16.6. The second-order valence-electron chi connectivity index (χ2n) is 5.73. The van der Waals surface area contributed by atoms with Gasteiger partial charge >= 0.3 is 0 Å². The lowest BCUT2D eigenvalue weighted by Crippen LogP contribution is -2.27. The Hall–Kier alpha value is -2.77. The quantitative estimate of drug-likeness (QED) is 0.373. The van der Waals surface area contributed by atoms with Gasteiger partial charge in [-0.3, -0.25) is 9.69 Å². The minimum absolute atomic E-state index is 0.161. The zero-order valence-corrected chi connectivity index (χ0v) is 17.1. The topological polar surface area (TPSA) is 48.0 Å². The molecule has 0 aliphatic carbocycles. The van der Waals surface area contributed by atoms with Crippen molar-refractivity contribution in [2.75, 3.05) is 25.7 Å². The molecular weight excluding hydrogens is 394 g/mol. The maximum Gasteiger partial charge on any atom is 0.270 e. The summed E-state index contributed by atoms with van der Waals surface area (Å²) in [5.74, 6) is 1.76. The summed E-state index contributed by atoms with van der Waals surface area (Å²) in [7, 11) is 3.17. The molecule has 0 bridgehead atoms. The van der Waals surface area contributed by atoms with E-state index >= 15 is 0 Å². The Kier molecular flexibility index (Phi) is 6.38. The van der Waals surface area contributed by atoms with E-state index in [1.807, 2.05) is 12.1 Å². The first-order valence-corrected chi connectivity index (χ1v) is 9.63. The molecule has 1 amide bonds. The number of anilines is 1. The summed E-state index contributed by atoms with van der Waals surface area (Å²) in [6, 6.07) is 12.7. The fourth-order valence-electron chi connectivity index (χ4n) is 2.61. The van der Waals surface area contributed by atoms with Crippen molar-refractivity contribution in [1.29, 1.82) is 0 Å². The van der Waals surface area contributed by atoms with Crippen LogP contribution in [0.4, 0.5) is 5.69 Å². The van der Waals surface area contributed by atoms with Crippen LogP contribution in [0.15, 0.2) is 60.0 Å². The molecule has 1 aliphatic heterocycles. The fourth-order valence-corrected chi connectivity index (χ4v) is 3.91. The number of carbonyl (C=O) groups is 1. The molecule has 0 radical (unpaired) electrons. The van der Waals surface area contributed by atoms with Gasteiger partial charge in [-0.05, 0) is 48.0 Å². The molecule has 7 heteroatoms. The SMILES string of the molecule is C=CCOc1ccc(/C=C2/SC(=S)N(c3ccc(OC)cc3)C2=O)cc1OC. The monoisotopic (exact) mass is 413 g/mol. The van der Waals surface area contributed by atoms with Gasteiger partial charge in [-0.25, -0.2) is 0 Å². The van der Waals surface area contributed by atoms with Gasteiger partial charge in [-0.2, -0.15) is 0 Å². The molecule has 1 aliphatic rings. The third kappa shape index (κ3) is 4.21. The number of thiocarbonyl (C=S) groups is 1. The number of amides is 1. The molecule has 0 spiro atoms. The van der Waals surface area contributed by atoms with E-state index in [4.69, 9.17) is 26.4 Å². The first-order valence-electron chi connectivity index (χ1n) is 8.41. The third-order valence-electron chi connectivity index (χ3n) is 3.97. The molecule has 5 nitrogen and oxygen atoms in total. The van der Waals surface area contributed by atoms with Crippen LogP contribution in [0.5, 0.6) is 17.2 Å². The molecule has 1 fully saturated rings. The molecule has 0 atom stereocenters. The number of methoxy groups -OCH3 is 2. The minimum Gasteiger partial charge on any atom is -0.497 e. The number of benzene rings is 2. The van der Waals surface area contributed by atoms with Crippen LogP contribution < -0.4 is 19.1 Å². The molecular formula is C21H19NO4S2. The number of ether oxygens (including phenoxy) is 3. The van der Waals surface area contributed by atoms with Crippen molar-refractivity contribution >= 4 is 46.0 Å². The maximum atomic E-state index is 12.9. The molecule has 1 saturated heterocycles. The van der Waals surface area contributed by atoms with Crippen molar-refractivity contribution in [3.8, 4) is 17.2 Å². The van der Waals surface area contributed by atoms with Gasteiger partial charge in [0.05, 0.1) is 24.8 Å². The van der Waals surface area contributed by atoms with Crippen LogP contribution in [-0.4, -0.2) is 31.1 Å². The van der Waals surface area contributed by atoms with Gasteiger partial charge in [0.15, 0.2) is 15.8 Å². The molecule has 2 aromatic rings. The summed E-state index contributed by atoms with van der Waals surface area (Å²) in [4.78, 5) is 15.0. The van der Waals surface area contributed by atoms with Gasteiger partial charge in [-0.1, -0.05) is 42.7 Å². The van der Waals surface area contributed by atoms with Gasteiger partial charge < -0.3 is 14.2 Å². The number of hydrogen-bond donors (Lipinski definition) is 0. The van der Waals surface area contributed by atoms with Gasteiger partial charge in [0.25, 0.3) is 5.91 Å². The van der Waals surface area contributed by atoms with Crippen molar-refractivity contribution in [2.45, 2.75) is 0 Å². The van der Waals surface area contributed by atoms with E-state index in [1.54, 1.807) is 56.7 Å². The molecule has 1 heterocycles. The smallest absolute Gasteiger partial charge is 0.270 e. The van der Waals surface area contributed by atoms with Gasteiger partial charge in [-0.15, -0.1) is 0 Å². The van der Waals surface area contributed by atoms with Crippen LogP contribution >= 0.6 is 24.0 Å². The molecule has 144 valence electrons. The zero-order valence-electron chi connectivity index (χ0n) is 15.5. The highest BCUT2D eigenvalue weighted by atomic mass is 32.2. The van der Waals surface area contributed by atoms with Crippen molar-refractivity contribution in [2.24, 2.45) is 0 Å². The number of rotatable bonds is 7. The van der Waals surface area contributed by atoms with Crippen LogP contribution in [0.2, 0.25) is 0 Å².